The van der Waals surface area contributed by atoms with Gasteiger partial charge in [-0.3, -0.25) is 9.36 Å². The van der Waals surface area contributed by atoms with Crippen molar-refractivity contribution in [2.24, 2.45) is 0 Å². The number of hydrogen-bond donors (Lipinski definition) is 2. The molecule has 1 aliphatic rings. The third kappa shape index (κ3) is 2.80. The molecule has 0 saturated carbocycles. The molecule has 2 N–H and O–H groups in total. The Hall–Kier alpha value is -2.03. The number of hydrogen-bond acceptors (Lipinski definition) is 6. The normalized spacial score (nSPS) is 24.4. The standard InChI is InChI=1S/C15H19N3O5/c1-2-10(20)5-9-7-16-13-3-4-17(15(22)18(9)13)14-6-11(21)12(8-19)23-14/h3-4,7,11-12,14,19,21H,2,5-6,8H2,1H3/t11-,12+,14+/m0/s1. The highest BCUT2D eigenvalue weighted by Crippen LogP contribution is 2.27. The van der Waals surface area contributed by atoms with Crippen LogP contribution in [0.3, 0.4) is 0 Å². The third-order valence-corrected chi connectivity index (χ3v) is 4.13. The van der Waals surface area contributed by atoms with Gasteiger partial charge in [0.05, 0.1) is 18.4 Å². The number of aromatic nitrogens is 3. The Morgan fingerprint density at radius 1 is 1.52 bits per heavy atom. The van der Waals surface area contributed by atoms with E-state index in [1.165, 1.54) is 15.2 Å². The topological polar surface area (TPSA) is 106 Å². The van der Waals surface area contributed by atoms with Crippen LogP contribution in [-0.2, 0) is 16.0 Å². The summed E-state index contributed by atoms with van der Waals surface area (Å²) in [6.07, 6.45) is 1.64. The van der Waals surface area contributed by atoms with E-state index in [-0.39, 0.29) is 30.9 Å². The van der Waals surface area contributed by atoms with Gasteiger partial charge in [0.15, 0.2) is 0 Å². The van der Waals surface area contributed by atoms with E-state index in [4.69, 9.17) is 9.84 Å². The molecule has 0 aliphatic carbocycles. The van der Waals surface area contributed by atoms with E-state index in [1.807, 2.05) is 0 Å². The number of aliphatic hydroxyl groups is 2. The predicted octanol–water partition coefficient (Wildman–Crippen LogP) is -0.342. The van der Waals surface area contributed by atoms with Crippen molar-refractivity contribution in [3.05, 3.63) is 34.6 Å². The molecule has 0 radical (unpaired) electrons. The number of fused-ring (bicyclic) bond motifs is 1. The molecule has 1 fully saturated rings. The molecule has 0 spiro atoms. The summed E-state index contributed by atoms with van der Waals surface area (Å²) in [6, 6.07) is 1.66. The van der Waals surface area contributed by atoms with Crippen molar-refractivity contribution in [3.8, 4) is 0 Å². The maximum absolute atomic E-state index is 12.7. The summed E-state index contributed by atoms with van der Waals surface area (Å²) in [4.78, 5) is 28.5. The van der Waals surface area contributed by atoms with Gasteiger partial charge in [-0.15, -0.1) is 0 Å². The van der Waals surface area contributed by atoms with E-state index in [2.05, 4.69) is 4.98 Å². The molecule has 3 atom stereocenters. The molecule has 1 saturated heterocycles. The Morgan fingerprint density at radius 2 is 2.30 bits per heavy atom. The maximum atomic E-state index is 12.7. The molecular weight excluding hydrogens is 302 g/mol. The van der Waals surface area contributed by atoms with E-state index >= 15 is 0 Å². The van der Waals surface area contributed by atoms with Crippen LogP contribution in [0.15, 0.2) is 23.3 Å². The van der Waals surface area contributed by atoms with Crippen molar-refractivity contribution < 1.29 is 19.7 Å². The summed E-state index contributed by atoms with van der Waals surface area (Å²) in [5.41, 5.74) is 0.612. The molecule has 3 rings (SSSR count). The first-order valence-electron chi connectivity index (χ1n) is 7.58. The van der Waals surface area contributed by atoms with Crippen LogP contribution >= 0.6 is 0 Å². The van der Waals surface area contributed by atoms with Crippen LogP contribution in [0.4, 0.5) is 0 Å². The van der Waals surface area contributed by atoms with Crippen LogP contribution in [0, 0.1) is 0 Å². The van der Waals surface area contributed by atoms with Gasteiger partial charge in [0.25, 0.3) is 0 Å². The SMILES string of the molecule is CCC(=O)Cc1cnc2ccn([C@H]3C[C@H](O)[C@@H](CO)O3)c(=O)n12. The maximum Gasteiger partial charge on any atom is 0.336 e. The quantitative estimate of drug-likeness (QED) is 0.780. The van der Waals surface area contributed by atoms with E-state index in [0.717, 1.165) is 0 Å². The first kappa shape index (κ1) is 15.9. The van der Waals surface area contributed by atoms with Crippen molar-refractivity contribution in [2.45, 2.75) is 44.6 Å². The smallest absolute Gasteiger partial charge is 0.336 e. The molecule has 0 amide bonds. The minimum absolute atomic E-state index is 0.0227. The second kappa shape index (κ2) is 6.23. The average molecular weight is 321 g/mol. The van der Waals surface area contributed by atoms with E-state index < -0.39 is 18.4 Å². The lowest BCUT2D eigenvalue weighted by Gasteiger charge is -2.15. The molecule has 2 aromatic rings. The Morgan fingerprint density at radius 3 is 2.96 bits per heavy atom. The Balaban J connectivity index is 2.00. The Bertz CT molecular complexity index is 781. The van der Waals surface area contributed by atoms with E-state index in [0.29, 0.717) is 17.8 Å². The molecule has 2 aromatic heterocycles. The van der Waals surface area contributed by atoms with Crippen LogP contribution in [0.1, 0.15) is 31.7 Å². The summed E-state index contributed by atoms with van der Waals surface area (Å²) in [6.45, 7) is 1.46. The number of carbonyl (C=O) groups is 1. The molecule has 8 nitrogen and oxygen atoms in total. The lowest BCUT2D eigenvalue weighted by molar-refractivity contribution is -0.118. The average Bonchev–Trinajstić information content (AvgIpc) is 3.11. The van der Waals surface area contributed by atoms with Crippen molar-refractivity contribution in [2.75, 3.05) is 6.61 Å². The summed E-state index contributed by atoms with van der Waals surface area (Å²) >= 11 is 0. The number of ether oxygens (including phenoxy) is 1. The summed E-state index contributed by atoms with van der Waals surface area (Å²) in [5, 5.41) is 19.0. The monoisotopic (exact) mass is 321 g/mol. The van der Waals surface area contributed by atoms with Crippen LogP contribution in [-0.4, -0.2) is 48.8 Å². The van der Waals surface area contributed by atoms with Gasteiger partial charge in [-0.2, -0.15) is 0 Å². The minimum atomic E-state index is -0.823. The zero-order valence-corrected chi connectivity index (χ0v) is 12.8. The minimum Gasteiger partial charge on any atom is -0.394 e. The summed E-state index contributed by atoms with van der Waals surface area (Å²) < 4.78 is 8.26. The predicted molar refractivity (Wildman–Crippen MR) is 80.1 cm³/mol. The molecule has 23 heavy (non-hydrogen) atoms. The summed E-state index contributed by atoms with van der Waals surface area (Å²) in [5.74, 6) is 0.0227. The van der Waals surface area contributed by atoms with Gasteiger partial charge in [0.2, 0.25) is 0 Å². The molecule has 8 heteroatoms. The number of nitrogens with zero attached hydrogens (tertiary/aromatic N) is 3. The van der Waals surface area contributed by atoms with Gasteiger partial charge in [0, 0.05) is 31.7 Å². The molecule has 3 heterocycles. The van der Waals surface area contributed by atoms with E-state index in [9.17, 15) is 14.7 Å². The third-order valence-electron chi connectivity index (χ3n) is 4.13. The lowest BCUT2D eigenvalue weighted by Crippen LogP contribution is -2.31. The van der Waals surface area contributed by atoms with Crippen molar-refractivity contribution in [1.82, 2.24) is 14.0 Å². The van der Waals surface area contributed by atoms with Gasteiger partial charge in [-0.1, -0.05) is 6.92 Å². The molecule has 0 unspecified atom stereocenters. The first-order valence-corrected chi connectivity index (χ1v) is 7.58. The molecule has 0 bridgehead atoms. The number of aliphatic hydroxyl groups excluding tert-OH is 2. The van der Waals surface area contributed by atoms with Crippen molar-refractivity contribution >= 4 is 11.4 Å². The molecular formula is C15H19N3O5. The van der Waals surface area contributed by atoms with E-state index in [1.54, 1.807) is 19.2 Å². The van der Waals surface area contributed by atoms with Gasteiger partial charge in [0.1, 0.15) is 23.8 Å². The summed E-state index contributed by atoms with van der Waals surface area (Å²) in [7, 11) is 0. The van der Waals surface area contributed by atoms with Crippen molar-refractivity contribution in [3.63, 3.8) is 0 Å². The fourth-order valence-corrected chi connectivity index (χ4v) is 2.79. The van der Waals surface area contributed by atoms with Crippen LogP contribution in [0.25, 0.3) is 5.65 Å². The van der Waals surface area contributed by atoms with Gasteiger partial charge in [-0.25, -0.2) is 14.2 Å². The highest BCUT2D eigenvalue weighted by Gasteiger charge is 2.35. The molecule has 0 aromatic carbocycles. The second-order valence-electron chi connectivity index (χ2n) is 5.63. The largest absolute Gasteiger partial charge is 0.394 e. The van der Waals surface area contributed by atoms with Gasteiger partial charge >= 0.3 is 5.69 Å². The molecule has 124 valence electrons. The Kier molecular flexibility index (Phi) is 4.29. The fourth-order valence-electron chi connectivity index (χ4n) is 2.79. The second-order valence-corrected chi connectivity index (χ2v) is 5.63. The van der Waals surface area contributed by atoms with Crippen LogP contribution in [0.2, 0.25) is 0 Å². The molecule has 1 aliphatic heterocycles. The number of rotatable bonds is 5. The zero-order chi connectivity index (χ0) is 16.6. The first-order chi connectivity index (χ1) is 11.0. The lowest BCUT2D eigenvalue weighted by atomic mass is 10.2. The number of Topliss-reactive ketones (excluding diaryl/α,β-unsaturated/α-hetero) is 1. The fraction of sp³-hybridized carbons (Fsp3) is 0.533. The van der Waals surface area contributed by atoms with Crippen LogP contribution in [0.5, 0.6) is 0 Å². The van der Waals surface area contributed by atoms with Gasteiger partial charge in [-0.05, 0) is 6.07 Å². The van der Waals surface area contributed by atoms with Gasteiger partial charge < -0.3 is 14.9 Å². The van der Waals surface area contributed by atoms with Crippen LogP contribution < -0.4 is 5.69 Å². The van der Waals surface area contributed by atoms with Crippen molar-refractivity contribution in [1.29, 1.82) is 0 Å². The zero-order valence-electron chi connectivity index (χ0n) is 12.8. The Labute approximate surface area is 132 Å². The number of ketones is 1. The number of carbonyl (C=O) groups excluding carboxylic acids is 1. The number of imidazole rings is 1. The highest BCUT2D eigenvalue weighted by molar-refractivity contribution is 5.80. The highest BCUT2D eigenvalue weighted by atomic mass is 16.5.